The van der Waals surface area contributed by atoms with Gasteiger partial charge in [-0.15, -0.1) is 0 Å². The van der Waals surface area contributed by atoms with Crippen molar-refractivity contribution in [2.24, 2.45) is 0 Å². The van der Waals surface area contributed by atoms with Gasteiger partial charge < -0.3 is 5.11 Å². The number of benzene rings is 3. The zero-order valence-corrected chi connectivity index (χ0v) is 17.7. The third-order valence-electron chi connectivity index (χ3n) is 5.56. The zero-order chi connectivity index (χ0) is 23.6. The number of aromatic nitrogens is 1. The summed E-state index contributed by atoms with van der Waals surface area (Å²) >= 11 is 0. The standard InChI is InChI=1S/C27H20F3NO2/c1-17-15-21(16-31-25(17)26(32)33)24(19-7-3-2-4-8-19)20-13-11-18(12-14-20)22-9-5-6-10-23(22)27(28,29)30/h2-16,24H,1H3,(H,32,33). The molecule has 3 nitrogen and oxygen atoms in total. The molecule has 1 aromatic heterocycles. The molecular weight excluding hydrogens is 427 g/mol. The van der Waals surface area contributed by atoms with Crippen molar-refractivity contribution in [3.63, 3.8) is 0 Å². The van der Waals surface area contributed by atoms with E-state index in [4.69, 9.17) is 0 Å². The summed E-state index contributed by atoms with van der Waals surface area (Å²) in [6.45, 7) is 1.69. The van der Waals surface area contributed by atoms with Crippen LogP contribution in [0.1, 0.15) is 44.2 Å². The fourth-order valence-corrected chi connectivity index (χ4v) is 4.04. The molecule has 0 aliphatic heterocycles. The van der Waals surface area contributed by atoms with Gasteiger partial charge in [-0.3, -0.25) is 0 Å². The number of pyridine rings is 1. The fraction of sp³-hybridized carbons (Fsp3) is 0.111. The maximum Gasteiger partial charge on any atom is 0.417 e. The first-order valence-electron chi connectivity index (χ1n) is 10.3. The second-order valence-corrected chi connectivity index (χ2v) is 7.75. The van der Waals surface area contributed by atoms with Crippen LogP contribution >= 0.6 is 0 Å². The quantitative estimate of drug-likeness (QED) is 0.360. The number of alkyl halides is 3. The number of carboxylic acid groups (broad SMARTS) is 1. The second kappa shape index (κ2) is 8.90. The summed E-state index contributed by atoms with van der Waals surface area (Å²) < 4.78 is 40.4. The van der Waals surface area contributed by atoms with Crippen molar-refractivity contribution < 1.29 is 23.1 Å². The minimum absolute atomic E-state index is 0.00957. The number of nitrogens with zero attached hydrogens (tertiary/aromatic N) is 1. The van der Waals surface area contributed by atoms with Gasteiger partial charge in [-0.2, -0.15) is 13.2 Å². The van der Waals surface area contributed by atoms with Gasteiger partial charge in [-0.25, -0.2) is 9.78 Å². The van der Waals surface area contributed by atoms with E-state index in [0.717, 1.165) is 22.8 Å². The Bertz CT molecular complexity index is 1280. The summed E-state index contributed by atoms with van der Waals surface area (Å²) in [5.74, 6) is -1.35. The van der Waals surface area contributed by atoms with Crippen LogP contribution in [0.4, 0.5) is 13.2 Å². The SMILES string of the molecule is Cc1cc(C(c2ccccc2)c2ccc(-c3ccccc3C(F)(F)F)cc2)cnc1C(=O)O. The first kappa shape index (κ1) is 22.3. The lowest BCUT2D eigenvalue weighted by Gasteiger charge is -2.20. The monoisotopic (exact) mass is 447 g/mol. The van der Waals surface area contributed by atoms with Crippen LogP contribution in [0.15, 0.2) is 91.1 Å². The molecule has 0 spiro atoms. The van der Waals surface area contributed by atoms with E-state index in [1.807, 2.05) is 30.3 Å². The molecule has 33 heavy (non-hydrogen) atoms. The zero-order valence-electron chi connectivity index (χ0n) is 17.7. The Morgan fingerprint density at radius 3 is 2.06 bits per heavy atom. The van der Waals surface area contributed by atoms with Crippen LogP contribution in [0.2, 0.25) is 0 Å². The summed E-state index contributed by atoms with van der Waals surface area (Å²) in [6.07, 6.45) is -2.90. The van der Waals surface area contributed by atoms with E-state index in [-0.39, 0.29) is 17.2 Å². The van der Waals surface area contributed by atoms with E-state index < -0.39 is 17.7 Å². The molecule has 0 amide bonds. The summed E-state index contributed by atoms with van der Waals surface area (Å²) in [5, 5.41) is 9.31. The number of hydrogen-bond donors (Lipinski definition) is 1. The molecule has 0 fully saturated rings. The maximum absolute atomic E-state index is 13.5. The minimum Gasteiger partial charge on any atom is -0.477 e. The molecule has 1 heterocycles. The van der Waals surface area contributed by atoms with E-state index in [1.165, 1.54) is 12.1 Å². The van der Waals surface area contributed by atoms with Crippen molar-refractivity contribution >= 4 is 5.97 Å². The Kier molecular flexibility index (Phi) is 6.01. The highest BCUT2D eigenvalue weighted by molar-refractivity contribution is 5.87. The predicted octanol–water partition coefficient (Wildman–Crippen LogP) is 6.95. The van der Waals surface area contributed by atoms with Crippen LogP contribution in [0.25, 0.3) is 11.1 Å². The Hall–Kier alpha value is -3.93. The molecule has 0 aliphatic rings. The maximum atomic E-state index is 13.5. The van der Waals surface area contributed by atoms with Crippen LogP contribution in [-0.2, 0) is 6.18 Å². The van der Waals surface area contributed by atoms with Crippen molar-refractivity contribution in [1.82, 2.24) is 4.98 Å². The number of rotatable bonds is 5. The van der Waals surface area contributed by atoms with Crippen molar-refractivity contribution in [3.05, 3.63) is 125 Å². The molecule has 1 N–H and O–H groups in total. The molecular formula is C27H20F3NO2. The number of hydrogen-bond acceptors (Lipinski definition) is 2. The lowest BCUT2D eigenvalue weighted by Crippen LogP contribution is -2.09. The van der Waals surface area contributed by atoms with Crippen molar-refractivity contribution in [1.29, 1.82) is 0 Å². The van der Waals surface area contributed by atoms with Crippen molar-refractivity contribution in [2.75, 3.05) is 0 Å². The van der Waals surface area contributed by atoms with E-state index in [0.29, 0.717) is 11.1 Å². The number of carboxylic acids is 1. The minimum atomic E-state index is -4.45. The molecule has 0 aliphatic carbocycles. The predicted molar refractivity (Wildman–Crippen MR) is 120 cm³/mol. The van der Waals surface area contributed by atoms with Gasteiger partial charge in [0.25, 0.3) is 0 Å². The Labute approximate surface area is 189 Å². The molecule has 6 heteroatoms. The Morgan fingerprint density at radius 1 is 0.848 bits per heavy atom. The van der Waals surface area contributed by atoms with Gasteiger partial charge in [-0.1, -0.05) is 78.9 Å². The second-order valence-electron chi connectivity index (χ2n) is 7.75. The highest BCUT2D eigenvalue weighted by atomic mass is 19.4. The Balaban J connectivity index is 1.79. The molecule has 0 saturated carbocycles. The molecule has 0 bridgehead atoms. The van der Waals surface area contributed by atoms with E-state index in [1.54, 1.807) is 49.5 Å². The first-order valence-corrected chi connectivity index (χ1v) is 10.3. The summed E-state index contributed by atoms with van der Waals surface area (Å²) in [5.41, 5.74) is 3.06. The van der Waals surface area contributed by atoms with Gasteiger partial charge in [0, 0.05) is 12.1 Å². The summed E-state index contributed by atoms with van der Waals surface area (Å²) in [4.78, 5) is 15.5. The number of carbonyl (C=O) groups is 1. The van der Waals surface area contributed by atoms with Crippen LogP contribution in [0.5, 0.6) is 0 Å². The smallest absolute Gasteiger partial charge is 0.417 e. The highest BCUT2D eigenvalue weighted by Crippen LogP contribution is 2.38. The van der Waals surface area contributed by atoms with Gasteiger partial charge >= 0.3 is 12.1 Å². The van der Waals surface area contributed by atoms with Crippen LogP contribution in [-0.4, -0.2) is 16.1 Å². The van der Waals surface area contributed by atoms with Crippen molar-refractivity contribution in [3.8, 4) is 11.1 Å². The summed E-state index contributed by atoms with van der Waals surface area (Å²) in [7, 11) is 0. The molecule has 4 rings (SSSR count). The number of aromatic carboxylic acids is 1. The van der Waals surface area contributed by atoms with Gasteiger partial charge in [-0.05, 0) is 46.4 Å². The topological polar surface area (TPSA) is 50.2 Å². The van der Waals surface area contributed by atoms with Gasteiger partial charge in [0.05, 0.1) is 5.56 Å². The molecule has 3 aromatic carbocycles. The van der Waals surface area contributed by atoms with Crippen LogP contribution < -0.4 is 0 Å². The molecule has 0 saturated heterocycles. The normalized spacial score (nSPS) is 12.4. The molecule has 1 atom stereocenters. The van der Waals surface area contributed by atoms with Gasteiger partial charge in [0.1, 0.15) is 0 Å². The van der Waals surface area contributed by atoms with E-state index in [2.05, 4.69) is 4.98 Å². The van der Waals surface area contributed by atoms with Gasteiger partial charge in [0.2, 0.25) is 0 Å². The van der Waals surface area contributed by atoms with Crippen LogP contribution in [0, 0.1) is 6.92 Å². The third-order valence-corrected chi connectivity index (χ3v) is 5.56. The number of aryl methyl sites for hydroxylation is 1. The molecule has 1 unspecified atom stereocenters. The van der Waals surface area contributed by atoms with Crippen molar-refractivity contribution in [2.45, 2.75) is 19.0 Å². The molecule has 166 valence electrons. The average Bonchev–Trinajstić information content (AvgIpc) is 2.80. The van der Waals surface area contributed by atoms with E-state index >= 15 is 0 Å². The lowest BCUT2D eigenvalue weighted by molar-refractivity contribution is -0.137. The lowest BCUT2D eigenvalue weighted by atomic mass is 9.84. The molecule has 0 radical (unpaired) electrons. The third kappa shape index (κ3) is 4.65. The first-order chi connectivity index (χ1) is 15.8. The number of halogens is 3. The van der Waals surface area contributed by atoms with E-state index in [9.17, 15) is 23.1 Å². The summed E-state index contributed by atoms with van der Waals surface area (Å²) in [6, 6.07) is 23.9. The highest BCUT2D eigenvalue weighted by Gasteiger charge is 2.33. The molecule has 4 aromatic rings. The van der Waals surface area contributed by atoms with Gasteiger partial charge in [0.15, 0.2) is 5.69 Å². The largest absolute Gasteiger partial charge is 0.477 e. The Morgan fingerprint density at radius 2 is 1.45 bits per heavy atom. The fourth-order valence-electron chi connectivity index (χ4n) is 4.04. The van der Waals surface area contributed by atoms with Crippen LogP contribution in [0.3, 0.4) is 0 Å². The average molecular weight is 447 g/mol.